The van der Waals surface area contributed by atoms with E-state index in [0.717, 1.165) is 55.8 Å². The average Bonchev–Trinajstić information content (AvgIpc) is 2.60. The molecule has 0 aliphatic carbocycles. The number of carboxylic acid groups (broad SMARTS) is 1. The number of rotatable bonds is 10. The molecule has 0 aliphatic rings. The monoisotopic (exact) mass is 419 g/mol. The number of alkyl halides is 5. The van der Waals surface area contributed by atoms with Gasteiger partial charge in [-0.3, -0.25) is 0 Å². The number of hydrogen-bond donors (Lipinski definition) is 1. The van der Waals surface area contributed by atoms with Crippen LogP contribution in [-0.4, -0.2) is 25.4 Å². The number of unbranched alkanes of at least 4 members (excludes halogenated alkanes) is 3. The first kappa shape index (κ1) is 24.8. The Hall–Kier alpha value is -1.22. The highest BCUT2D eigenvalue weighted by Gasteiger charge is 2.28. The fourth-order valence-electron chi connectivity index (χ4n) is 1.82. The molecule has 0 saturated heterocycles. The summed E-state index contributed by atoms with van der Waals surface area (Å²) in [7, 11) is 0. The zero-order valence-corrected chi connectivity index (χ0v) is 15.6. The fraction of sp³-hybridized carbons (Fsp3) is 0.562. The molecule has 0 spiro atoms. The van der Waals surface area contributed by atoms with Crippen molar-refractivity contribution in [2.45, 2.75) is 43.6 Å². The van der Waals surface area contributed by atoms with Crippen molar-refractivity contribution in [2.75, 3.05) is 13.2 Å². The summed E-state index contributed by atoms with van der Waals surface area (Å²) in [4.78, 5) is 13.5. The van der Waals surface area contributed by atoms with E-state index in [0.29, 0.717) is 11.8 Å². The number of benzene rings is 1. The number of carbonyl (C=O) groups excluding carboxylic acids is 1. The third-order valence-electron chi connectivity index (χ3n) is 3.02. The molecule has 150 valence electrons. The summed E-state index contributed by atoms with van der Waals surface area (Å²) < 4.78 is 37.3. The minimum Gasteiger partial charge on any atom is -0.542 e. The molecule has 5 nitrogen and oxygen atoms in total. The first-order valence-electron chi connectivity index (χ1n) is 7.77. The van der Waals surface area contributed by atoms with Crippen LogP contribution >= 0.6 is 23.2 Å². The van der Waals surface area contributed by atoms with Gasteiger partial charge in [-0.1, -0.05) is 12.5 Å². The van der Waals surface area contributed by atoms with E-state index in [4.69, 9.17) is 42.7 Å². The second-order valence-electron chi connectivity index (χ2n) is 5.21. The van der Waals surface area contributed by atoms with Crippen LogP contribution in [0.1, 0.15) is 36.8 Å². The van der Waals surface area contributed by atoms with Crippen molar-refractivity contribution < 1.29 is 38.5 Å². The summed E-state index contributed by atoms with van der Waals surface area (Å²) in [6, 6.07) is 5.95. The molecule has 0 atom stereocenters. The molecule has 0 radical (unpaired) electrons. The molecule has 0 aromatic heterocycles. The number of hydrogen-bond acceptors (Lipinski definition) is 4. The number of ether oxygens (including phenoxy) is 1. The summed E-state index contributed by atoms with van der Waals surface area (Å²) in [5, 5.41) is 8.78. The van der Waals surface area contributed by atoms with Gasteiger partial charge in [0.15, 0.2) is 0 Å². The van der Waals surface area contributed by atoms with Crippen LogP contribution in [0.3, 0.4) is 0 Å². The van der Waals surface area contributed by atoms with E-state index in [1.165, 1.54) is 0 Å². The normalized spacial score (nSPS) is 10.8. The van der Waals surface area contributed by atoms with Gasteiger partial charge < -0.3 is 14.6 Å². The molecule has 1 aromatic rings. The van der Waals surface area contributed by atoms with E-state index < -0.39 is 12.1 Å². The van der Waals surface area contributed by atoms with Crippen molar-refractivity contribution in [3.8, 4) is 5.75 Å². The Morgan fingerprint density at radius 3 is 1.85 bits per heavy atom. The summed E-state index contributed by atoms with van der Waals surface area (Å²) >= 11 is 11.7. The second kappa shape index (κ2) is 13.9. The Labute approximate surface area is 160 Å². The molecular weight excluding hydrogens is 398 g/mol. The molecule has 0 saturated carbocycles. The maximum absolute atomic E-state index is 10.5. The van der Waals surface area contributed by atoms with Gasteiger partial charge in [-0.2, -0.15) is 13.2 Å². The Bertz CT molecular complexity index is 508. The molecule has 10 heteroatoms. The molecule has 1 rings (SSSR count). The minimum absolute atomic E-state index is 0.478. The zero-order chi connectivity index (χ0) is 20.0. The minimum atomic E-state index is -5.19. The van der Waals surface area contributed by atoms with Crippen LogP contribution < -0.4 is 15.7 Å². The van der Waals surface area contributed by atoms with Crippen molar-refractivity contribution in [2.24, 2.45) is 0 Å². The SMILES string of the molecule is O=C([O-])C(F)(F)F.[NH3+]OCCCCCCOc1cc(CCl)cc(CCl)c1. The first-order valence-corrected chi connectivity index (χ1v) is 8.84. The predicted octanol–water partition coefficient (Wildman–Crippen LogP) is 2.58. The Morgan fingerprint density at radius 2 is 1.46 bits per heavy atom. The number of carbonyl (C=O) groups is 1. The number of aliphatic carboxylic acids is 1. The molecule has 26 heavy (non-hydrogen) atoms. The van der Waals surface area contributed by atoms with Crippen LogP contribution in [0.5, 0.6) is 5.75 Å². The highest BCUT2D eigenvalue weighted by molar-refractivity contribution is 6.17. The maximum atomic E-state index is 10.5. The molecule has 0 bridgehead atoms. The lowest BCUT2D eigenvalue weighted by molar-refractivity contribution is -0.689. The largest absolute Gasteiger partial charge is 0.542 e. The standard InChI is InChI=1S/C14H22Cl2NO2.C2HF3O2/c15-10-12-7-13(11-16)9-14(8-12)18-5-3-1-2-4-6-19-17;3-2(4,5)1(6)7/h7-9H,1-6,10-11H2,17H3;(H,6,7)/q+1;/p-1. The predicted molar refractivity (Wildman–Crippen MR) is 89.4 cm³/mol. The summed E-state index contributed by atoms with van der Waals surface area (Å²) in [6.45, 7) is 1.45. The van der Waals surface area contributed by atoms with Gasteiger partial charge in [0, 0.05) is 11.8 Å². The smallest absolute Gasteiger partial charge is 0.430 e. The van der Waals surface area contributed by atoms with Gasteiger partial charge in [-0.15, -0.1) is 23.2 Å². The van der Waals surface area contributed by atoms with E-state index in [2.05, 4.69) is 5.90 Å². The Balaban J connectivity index is 0.000000758. The Kier molecular flexibility index (Phi) is 13.3. The van der Waals surface area contributed by atoms with Gasteiger partial charge in [0.2, 0.25) is 0 Å². The lowest BCUT2D eigenvalue weighted by atomic mass is 10.1. The zero-order valence-electron chi connectivity index (χ0n) is 14.1. The van der Waals surface area contributed by atoms with Crippen LogP contribution in [0.25, 0.3) is 0 Å². The quantitative estimate of drug-likeness (QED) is 0.358. The van der Waals surface area contributed by atoms with E-state index in [-0.39, 0.29) is 0 Å². The fourth-order valence-corrected chi connectivity index (χ4v) is 2.12. The van der Waals surface area contributed by atoms with Crippen LogP contribution in [0.2, 0.25) is 0 Å². The van der Waals surface area contributed by atoms with Crippen molar-refractivity contribution in [1.29, 1.82) is 0 Å². The van der Waals surface area contributed by atoms with Crippen molar-refractivity contribution >= 4 is 29.2 Å². The lowest BCUT2D eigenvalue weighted by Crippen LogP contribution is -2.49. The van der Waals surface area contributed by atoms with Crippen molar-refractivity contribution in [1.82, 2.24) is 0 Å². The third-order valence-corrected chi connectivity index (χ3v) is 3.64. The van der Waals surface area contributed by atoms with Gasteiger partial charge in [0.25, 0.3) is 0 Å². The summed E-state index contributed by atoms with van der Waals surface area (Å²) in [6.07, 6.45) is -0.811. The van der Waals surface area contributed by atoms with E-state index in [1.54, 1.807) is 0 Å². The third kappa shape index (κ3) is 12.2. The van der Waals surface area contributed by atoms with Gasteiger partial charge in [0.1, 0.15) is 18.3 Å². The number of carboxylic acids is 1. The van der Waals surface area contributed by atoms with Gasteiger partial charge in [0.05, 0.1) is 6.61 Å². The highest BCUT2D eigenvalue weighted by Crippen LogP contribution is 2.20. The molecule has 1 aromatic carbocycles. The molecule has 0 unspecified atom stereocenters. The van der Waals surface area contributed by atoms with Crippen molar-refractivity contribution in [3.63, 3.8) is 0 Å². The van der Waals surface area contributed by atoms with E-state index in [9.17, 15) is 13.2 Å². The van der Waals surface area contributed by atoms with Gasteiger partial charge >= 0.3 is 6.18 Å². The highest BCUT2D eigenvalue weighted by atomic mass is 35.5. The second-order valence-corrected chi connectivity index (χ2v) is 5.74. The van der Waals surface area contributed by atoms with E-state index in [1.807, 2.05) is 18.2 Å². The molecule has 0 aliphatic heterocycles. The summed E-state index contributed by atoms with van der Waals surface area (Å²) in [5.41, 5.74) is 2.09. The van der Waals surface area contributed by atoms with E-state index >= 15 is 0 Å². The van der Waals surface area contributed by atoms with Crippen LogP contribution in [0.15, 0.2) is 18.2 Å². The topological polar surface area (TPSA) is 86.2 Å². The Morgan fingerprint density at radius 1 is 1.00 bits per heavy atom. The molecule has 0 amide bonds. The molecule has 0 heterocycles. The first-order chi connectivity index (χ1) is 12.2. The van der Waals surface area contributed by atoms with Crippen LogP contribution in [0.4, 0.5) is 13.2 Å². The van der Waals surface area contributed by atoms with Crippen LogP contribution in [0, 0.1) is 0 Å². The maximum Gasteiger partial charge on any atom is 0.430 e. The van der Waals surface area contributed by atoms with Gasteiger partial charge in [-0.25, -0.2) is 10.7 Å². The molecule has 3 N–H and O–H groups in total. The van der Waals surface area contributed by atoms with Crippen LogP contribution in [-0.2, 0) is 21.4 Å². The average molecular weight is 420 g/mol. The number of halogens is 5. The number of quaternary nitrogens is 1. The van der Waals surface area contributed by atoms with Crippen molar-refractivity contribution in [3.05, 3.63) is 29.3 Å². The summed E-state index contributed by atoms with van der Waals surface area (Å²) in [5.74, 6) is 2.15. The lowest BCUT2D eigenvalue weighted by Gasteiger charge is -2.09. The molecular formula is C16H22Cl2F3NO4. The molecule has 0 fully saturated rings. The van der Waals surface area contributed by atoms with Gasteiger partial charge in [-0.05, 0) is 42.5 Å².